The standard InChI is InChI=1S/C33H23Br2N3O7/c1-42-24-11-6-12-25-22(24)15-27(45-25)31-37-23-10-4-3-9-21(23)32(39)38(31)36-16-20-14-26(43-2)30(29(35)28(20)34)44-17-18-7-5-8-19(13-18)33(40)41/h3-16H,17H2,1-2H3,(H,40,41). The minimum absolute atomic E-state index is 0.0970. The van der Waals surface area contributed by atoms with Crippen molar-refractivity contribution in [1.29, 1.82) is 0 Å². The molecule has 0 amide bonds. The molecule has 10 nitrogen and oxygen atoms in total. The van der Waals surface area contributed by atoms with Crippen LogP contribution in [0.3, 0.4) is 0 Å². The molecule has 0 unspecified atom stereocenters. The zero-order chi connectivity index (χ0) is 31.7. The van der Waals surface area contributed by atoms with Crippen LogP contribution < -0.4 is 19.8 Å². The summed E-state index contributed by atoms with van der Waals surface area (Å²) in [6, 6.07) is 22.4. The number of hydrogen-bond donors (Lipinski definition) is 1. The number of carbonyl (C=O) groups is 1. The fourth-order valence-corrected chi connectivity index (χ4v) is 5.70. The number of fused-ring (bicyclic) bond motifs is 2. The molecule has 0 spiro atoms. The lowest BCUT2D eigenvalue weighted by molar-refractivity contribution is 0.0696. The molecule has 0 aliphatic carbocycles. The molecule has 226 valence electrons. The zero-order valence-electron chi connectivity index (χ0n) is 23.8. The number of carboxylic acid groups (broad SMARTS) is 1. The first-order valence-electron chi connectivity index (χ1n) is 13.4. The van der Waals surface area contributed by atoms with Gasteiger partial charge in [-0.15, -0.1) is 0 Å². The van der Waals surface area contributed by atoms with Crippen molar-refractivity contribution in [2.45, 2.75) is 6.61 Å². The first kappa shape index (κ1) is 30.1. The maximum atomic E-state index is 13.7. The normalized spacial score (nSPS) is 11.4. The number of aromatic carboxylic acids is 1. The highest BCUT2D eigenvalue weighted by molar-refractivity contribution is 9.13. The summed E-state index contributed by atoms with van der Waals surface area (Å²) >= 11 is 7.18. The maximum absolute atomic E-state index is 13.7. The molecule has 0 radical (unpaired) electrons. The van der Waals surface area contributed by atoms with Gasteiger partial charge in [-0.25, -0.2) is 9.78 Å². The lowest BCUT2D eigenvalue weighted by atomic mass is 10.1. The van der Waals surface area contributed by atoms with Gasteiger partial charge in [0.1, 0.15) is 17.9 Å². The summed E-state index contributed by atoms with van der Waals surface area (Å²) in [4.78, 5) is 29.8. The predicted octanol–water partition coefficient (Wildman–Crippen LogP) is 7.51. The first-order chi connectivity index (χ1) is 21.8. The molecule has 0 bridgehead atoms. The molecule has 2 aromatic heterocycles. The Hall–Kier alpha value is -4.94. The van der Waals surface area contributed by atoms with E-state index in [1.807, 2.05) is 18.2 Å². The number of nitrogens with zero attached hydrogens (tertiary/aromatic N) is 3. The molecule has 45 heavy (non-hydrogen) atoms. The SMILES string of the molecule is COc1cc(C=Nn2c(-c3cc4c(OC)cccc4o3)nc3ccccc3c2=O)c(Br)c(Br)c1OCc1cccc(C(=O)O)c1. The number of benzene rings is 4. The second-order valence-electron chi connectivity index (χ2n) is 9.72. The Morgan fingerprint density at radius 3 is 2.51 bits per heavy atom. The number of para-hydroxylation sites is 1. The molecule has 12 heteroatoms. The fraction of sp³-hybridized carbons (Fsp3) is 0.0909. The molecule has 6 rings (SSSR count). The van der Waals surface area contributed by atoms with E-state index in [4.69, 9.17) is 23.6 Å². The van der Waals surface area contributed by atoms with Crippen molar-refractivity contribution in [3.8, 4) is 28.8 Å². The molecule has 1 N–H and O–H groups in total. The van der Waals surface area contributed by atoms with Crippen LogP contribution in [-0.2, 0) is 6.61 Å². The highest BCUT2D eigenvalue weighted by Crippen LogP contribution is 2.43. The monoisotopic (exact) mass is 731 g/mol. The van der Waals surface area contributed by atoms with Gasteiger partial charge >= 0.3 is 5.97 Å². The summed E-state index contributed by atoms with van der Waals surface area (Å²) in [5.74, 6) is 0.921. The van der Waals surface area contributed by atoms with Crippen LogP contribution in [0.4, 0.5) is 0 Å². The van der Waals surface area contributed by atoms with Crippen LogP contribution in [-0.4, -0.2) is 41.2 Å². The molecular weight excluding hydrogens is 710 g/mol. The molecule has 4 aromatic carbocycles. The summed E-state index contributed by atoms with van der Waals surface area (Å²) in [7, 11) is 3.08. The number of halogens is 2. The van der Waals surface area contributed by atoms with E-state index in [-0.39, 0.29) is 23.6 Å². The Balaban J connectivity index is 1.41. The summed E-state index contributed by atoms with van der Waals surface area (Å²) < 4.78 is 25.6. The average Bonchev–Trinajstić information content (AvgIpc) is 3.50. The van der Waals surface area contributed by atoms with Crippen molar-refractivity contribution in [3.05, 3.63) is 115 Å². The zero-order valence-corrected chi connectivity index (χ0v) is 27.0. The number of furan rings is 1. The highest BCUT2D eigenvalue weighted by Gasteiger charge is 2.20. The molecule has 0 aliphatic heterocycles. The van der Waals surface area contributed by atoms with E-state index in [0.717, 1.165) is 5.39 Å². The lowest BCUT2D eigenvalue weighted by Crippen LogP contribution is -2.20. The van der Waals surface area contributed by atoms with Crippen LogP contribution in [0.25, 0.3) is 33.5 Å². The van der Waals surface area contributed by atoms with Crippen molar-refractivity contribution in [3.63, 3.8) is 0 Å². The Bertz CT molecular complexity index is 2190. The van der Waals surface area contributed by atoms with Gasteiger partial charge in [0.25, 0.3) is 5.56 Å². The highest BCUT2D eigenvalue weighted by atomic mass is 79.9. The molecule has 0 saturated carbocycles. The van der Waals surface area contributed by atoms with Gasteiger partial charge in [0.05, 0.1) is 46.8 Å². The van der Waals surface area contributed by atoms with E-state index in [1.54, 1.807) is 61.7 Å². The van der Waals surface area contributed by atoms with Gasteiger partial charge in [-0.1, -0.05) is 30.3 Å². The third-order valence-electron chi connectivity index (χ3n) is 6.96. The van der Waals surface area contributed by atoms with Gasteiger partial charge in [-0.05, 0) is 86.0 Å². The summed E-state index contributed by atoms with van der Waals surface area (Å²) in [6.45, 7) is 0.0970. The minimum Gasteiger partial charge on any atom is -0.496 e. The second kappa shape index (κ2) is 12.6. The van der Waals surface area contributed by atoms with Crippen LogP contribution in [0, 0.1) is 0 Å². The summed E-state index contributed by atoms with van der Waals surface area (Å²) in [5, 5.41) is 15.0. The van der Waals surface area contributed by atoms with Crippen molar-refractivity contribution in [1.82, 2.24) is 9.66 Å². The Labute approximate surface area is 272 Å². The van der Waals surface area contributed by atoms with Crippen LogP contribution >= 0.6 is 31.9 Å². The van der Waals surface area contributed by atoms with Crippen LogP contribution in [0.2, 0.25) is 0 Å². The van der Waals surface area contributed by atoms with Crippen molar-refractivity contribution < 1.29 is 28.5 Å². The molecule has 0 fully saturated rings. The smallest absolute Gasteiger partial charge is 0.335 e. The minimum atomic E-state index is -1.02. The lowest BCUT2D eigenvalue weighted by Gasteiger charge is -2.15. The van der Waals surface area contributed by atoms with Crippen LogP contribution in [0.15, 0.2) is 102 Å². The van der Waals surface area contributed by atoms with E-state index >= 15 is 0 Å². The summed E-state index contributed by atoms with van der Waals surface area (Å²) in [5.41, 5.74) is 2.08. The third-order valence-corrected chi connectivity index (χ3v) is 9.10. The van der Waals surface area contributed by atoms with E-state index in [2.05, 4.69) is 37.0 Å². The molecular formula is C33H23Br2N3O7. The van der Waals surface area contributed by atoms with E-state index in [9.17, 15) is 14.7 Å². The maximum Gasteiger partial charge on any atom is 0.335 e. The van der Waals surface area contributed by atoms with Gasteiger partial charge in [-0.2, -0.15) is 9.78 Å². The molecule has 6 aromatic rings. The van der Waals surface area contributed by atoms with E-state index in [0.29, 0.717) is 59.6 Å². The Morgan fingerprint density at radius 2 is 1.73 bits per heavy atom. The number of aromatic nitrogens is 2. The molecule has 0 atom stereocenters. The van der Waals surface area contributed by atoms with Gasteiger partial charge < -0.3 is 23.7 Å². The number of ether oxygens (including phenoxy) is 3. The van der Waals surface area contributed by atoms with Gasteiger partial charge in [-0.3, -0.25) is 4.79 Å². The summed E-state index contributed by atoms with van der Waals surface area (Å²) in [6.07, 6.45) is 1.50. The molecule has 2 heterocycles. The predicted molar refractivity (Wildman–Crippen MR) is 177 cm³/mol. The van der Waals surface area contributed by atoms with Gasteiger partial charge in [0, 0.05) is 10.0 Å². The quantitative estimate of drug-likeness (QED) is 0.152. The second-order valence-corrected chi connectivity index (χ2v) is 11.3. The average molecular weight is 733 g/mol. The number of rotatable bonds is 9. The number of carboxylic acids is 1. The Kier molecular flexibility index (Phi) is 8.42. The van der Waals surface area contributed by atoms with Crippen molar-refractivity contribution >= 4 is 65.9 Å². The van der Waals surface area contributed by atoms with Gasteiger partial charge in [0.2, 0.25) is 5.82 Å². The van der Waals surface area contributed by atoms with E-state index < -0.39 is 5.97 Å². The number of methoxy groups -OCH3 is 2. The third kappa shape index (κ3) is 5.81. The van der Waals surface area contributed by atoms with Gasteiger partial charge in [0.15, 0.2) is 17.3 Å². The van der Waals surface area contributed by atoms with Crippen molar-refractivity contribution in [2.24, 2.45) is 5.10 Å². The molecule has 0 aliphatic rings. The van der Waals surface area contributed by atoms with Crippen LogP contribution in [0.1, 0.15) is 21.5 Å². The van der Waals surface area contributed by atoms with Crippen LogP contribution in [0.5, 0.6) is 17.2 Å². The number of hydrogen-bond acceptors (Lipinski definition) is 8. The first-order valence-corrected chi connectivity index (χ1v) is 15.0. The Morgan fingerprint density at radius 1 is 0.956 bits per heavy atom. The largest absolute Gasteiger partial charge is 0.496 e. The van der Waals surface area contributed by atoms with E-state index in [1.165, 1.54) is 24.1 Å². The molecule has 0 saturated heterocycles. The topological polar surface area (TPSA) is 125 Å². The van der Waals surface area contributed by atoms with Crippen molar-refractivity contribution in [2.75, 3.05) is 14.2 Å². The fourth-order valence-electron chi connectivity index (χ4n) is 4.77.